The van der Waals surface area contributed by atoms with Gasteiger partial charge in [-0.2, -0.15) is 17.5 Å². The van der Waals surface area contributed by atoms with Gasteiger partial charge in [-0.1, -0.05) is 6.07 Å². The second-order valence-electron chi connectivity index (χ2n) is 6.74. The van der Waals surface area contributed by atoms with Gasteiger partial charge in [0.2, 0.25) is 10.0 Å². The Balaban J connectivity index is 2.00. The number of rotatable bonds is 7. The summed E-state index contributed by atoms with van der Waals surface area (Å²) in [5, 5.41) is 0. The van der Waals surface area contributed by atoms with E-state index >= 15 is 0 Å². The Morgan fingerprint density at radius 2 is 1.72 bits per heavy atom. The number of hydrogen-bond donors (Lipinski definition) is 1. The van der Waals surface area contributed by atoms with Gasteiger partial charge in [0.15, 0.2) is 0 Å². The van der Waals surface area contributed by atoms with Gasteiger partial charge in [0.05, 0.1) is 40.9 Å². The Morgan fingerprint density at radius 3 is 2.34 bits per heavy atom. The molecule has 13 heteroatoms. The normalized spacial score (nSPS) is 16.0. The highest BCUT2D eigenvalue weighted by molar-refractivity contribution is 7.92. The van der Waals surface area contributed by atoms with Crippen molar-refractivity contribution in [3.63, 3.8) is 0 Å². The predicted molar refractivity (Wildman–Crippen MR) is 109 cm³/mol. The number of nitrogens with zero attached hydrogens (tertiary/aromatic N) is 1. The van der Waals surface area contributed by atoms with E-state index in [2.05, 4.69) is 4.72 Å². The number of morpholine rings is 1. The van der Waals surface area contributed by atoms with E-state index < -0.39 is 36.7 Å². The average molecular weight is 495 g/mol. The number of sulfonamides is 2. The molecule has 0 atom stereocenters. The molecule has 176 valence electrons. The standard InChI is InChI=1S/C19H21F3N2O6S2/c1-2-30-18-7-6-16(32(27,28)24-8-10-29-11-9-24)13-17(18)23-31(25,26)15-5-3-4-14(12-15)19(20,21)22/h3-7,12-13,23H,2,8-11H2,1H3. The smallest absolute Gasteiger partial charge is 0.416 e. The molecule has 32 heavy (non-hydrogen) atoms. The molecule has 0 spiro atoms. The van der Waals surface area contributed by atoms with Crippen molar-refractivity contribution in [3.05, 3.63) is 48.0 Å². The van der Waals surface area contributed by atoms with Crippen molar-refractivity contribution in [3.8, 4) is 5.75 Å². The van der Waals surface area contributed by atoms with Crippen molar-refractivity contribution < 1.29 is 39.5 Å². The van der Waals surface area contributed by atoms with Crippen LogP contribution in [-0.2, 0) is 31.0 Å². The van der Waals surface area contributed by atoms with E-state index in [0.29, 0.717) is 6.07 Å². The van der Waals surface area contributed by atoms with E-state index in [4.69, 9.17) is 9.47 Å². The molecule has 1 aliphatic rings. The molecule has 0 aliphatic carbocycles. The largest absolute Gasteiger partial charge is 0.492 e. The quantitative estimate of drug-likeness (QED) is 0.635. The summed E-state index contributed by atoms with van der Waals surface area (Å²) in [5.41, 5.74) is -1.34. The number of halogens is 3. The maximum absolute atomic E-state index is 13.0. The maximum atomic E-state index is 13.0. The molecule has 1 saturated heterocycles. The molecular weight excluding hydrogens is 473 g/mol. The summed E-state index contributed by atoms with van der Waals surface area (Å²) in [6.07, 6.45) is -4.73. The number of alkyl halides is 3. The van der Waals surface area contributed by atoms with E-state index in [0.717, 1.165) is 24.3 Å². The number of benzene rings is 2. The molecule has 2 aromatic rings. The maximum Gasteiger partial charge on any atom is 0.416 e. The van der Waals surface area contributed by atoms with Gasteiger partial charge in [-0.3, -0.25) is 4.72 Å². The van der Waals surface area contributed by atoms with Crippen LogP contribution in [0.25, 0.3) is 0 Å². The second-order valence-corrected chi connectivity index (χ2v) is 10.4. The number of ether oxygens (including phenoxy) is 2. The molecule has 1 aliphatic heterocycles. The number of nitrogens with one attached hydrogen (secondary N) is 1. The summed E-state index contributed by atoms with van der Waals surface area (Å²) in [6.45, 7) is 2.52. The van der Waals surface area contributed by atoms with E-state index in [1.54, 1.807) is 6.92 Å². The lowest BCUT2D eigenvalue weighted by Gasteiger charge is -2.26. The first-order valence-corrected chi connectivity index (χ1v) is 12.4. The average Bonchev–Trinajstić information content (AvgIpc) is 2.75. The zero-order valence-corrected chi connectivity index (χ0v) is 18.6. The summed E-state index contributed by atoms with van der Waals surface area (Å²) < 4.78 is 104. The third-order valence-corrected chi connectivity index (χ3v) is 7.83. The first-order valence-electron chi connectivity index (χ1n) is 9.50. The molecule has 8 nitrogen and oxygen atoms in total. The summed E-state index contributed by atoms with van der Waals surface area (Å²) in [5.74, 6) is 0.0315. The number of hydrogen-bond acceptors (Lipinski definition) is 6. The Bertz CT molecular complexity index is 1180. The van der Waals surface area contributed by atoms with Crippen LogP contribution in [0.1, 0.15) is 12.5 Å². The first kappa shape index (κ1) is 24.3. The lowest BCUT2D eigenvalue weighted by Crippen LogP contribution is -2.40. The summed E-state index contributed by atoms with van der Waals surface area (Å²) in [4.78, 5) is -0.819. The minimum atomic E-state index is -4.73. The van der Waals surface area contributed by atoms with Gasteiger partial charge in [0.25, 0.3) is 10.0 Å². The van der Waals surface area contributed by atoms with Gasteiger partial charge in [-0.15, -0.1) is 0 Å². The highest BCUT2D eigenvalue weighted by Crippen LogP contribution is 2.33. The van der Waals surface area contributed by atoms with E-state index in [-0.39, 0.29) is 49.2 Å². The molecule has 2 aromatic carbocycles. The molecule has 1 heterocycles. The molecule has 0 saturated carbocycles. The van der Waals surface area contributed by atoms with Crippen molar-refractivity contribution in [1.29, 1.82) is 0 Å². The molecule has 0 radical (unpaired) electrons. The fourth-order valence-electron chi connectivity index (χ4n) is 3.01. The van der Waals surface area contributed by atoms with Crippen LogP contribution in [-0.4, -0.2) is 54.1 Å². The molecule has 0 amide bonds. The lowest BCUT2D eigenvalue weighted by molar-refractivity contribution is -0.137. The van der Waals surface area contributed by atoms with Gasteiger partial charge in [-0.05, 0) is 43.3 Å². The van der Waals surface area contributed by atoms with Crippen LogP contribution in [0.5, 0.6) is 5.75 Å². The Hall–Kier alpha value is -2.35. The van der Waals surface area contributed by atoms with Crippen LogP contribution in [0.4, 0.5) is 18.9 Å². The minimum Gasteiger partial charge on any atom is -0.492 e. The zero-order chi connectivity index (χ0) is 23.6. The van der Waals surface area contributed by atoms with Crippen molar-refractivity contribution >= 4 is 25.7 Å². The van der Waals surface area contributed by atoms with Crippen LogP contribution in [0.15, 0.2) is 52.3 Å². The monoisotopic (exact) mass is 494 g/mol. The Morgan fingerprint density at radius 1 is 1.03 bits per heavy atom. The van der Waals surface area contributed by atoms with Gasteiger partial charge in [-0.25, -0.2) is 16.8 Å². The molecule has 1 N–H and O–H groups in total. The van der Waals surface area contributed by atoms with Crippen LogP contribution in [0.2, 0.25) is 0 Å². The fourth-order valence-corrected chi connectivity index (χ4v) is 5.55. The molecule has 0 unspecified atom stereocenters. The van der Waals surface area contributed by atoms with Gasteiger partial charge in [0.1, 0.15) is 5.75 Å². The highest BCUT2D eigenvalue weighted by atomic mass is 32.2. The fraction of sp³-hybridized carbons (Fsp3) is 0.368. The van der Waals surface area contributed by atoms with Crippen LogP contribution in [0, 0.1) is 0 Å². The summed E-state index contributed by atoms with van der Waals surface area (Å²) >= 11 is 0. The van der Waals surface area contributed by atoms with Crippen LogP contribution >= 0.6 is 0 Å². The van der Waals surface area contributed by atoms with E-state index in [9.17, 15) is 30.0 Å². The van der Waals surface area contributed by atoms with Crippen molar-refractivity contribution in [2.75, 3.05) is 37.6 Å². The molecule has 3 rings (SSSR count). The summed E-state index contributed by atoms with van der Waals surface area (Å²) in [7, 11) is -8.43. The van der Waals surface area contributed by atoms with Crippen molar-refractivity contribution in [2.24, 2.45) is 0 Å². The molecule has 1 fully saturated rings. The van der Waals surface area contributed by atoms with Gasteiger partial charge < -0.3 is 9.47 Å². The third-order valence-electron chi connectivity index (χ3n) is 4.57. The van der Waals surface area contributed by atoms with Gasteiger partial charge >= 0.3 is 6.18 Å². The van der Waals surface area contributed by atoms with Crippen LogP contribution < -0.4 is 9.46 Å². The Kier molecular flexibility index (Phi) is 7.03. The molecule has 0 bridgehead atoms. The van der Waals surface area contributed by atoms with Crippen LogP contribution in [0.3, 0.4) is 0 Å². The zero-order valence-electron chi connectivity index (χ0n) is 16.9. The molecular formula is C19H21F3N2O6S2. The van der Waals surface area contributed by atoms with Crippen molar-refractivity contribution in [1.82, 2.24) is 4.31 Å². The predicted octanol–water partition coefficient (Wildman–Crippen LogP) is 2.93. The van der Waals surface area contributed by atoms with Gasteiger partial charge in [0, 0.05) is 13.1 Å². The first-order chi connectivity index (χ1) is 14.9. The van der Waals surface area contributed by atoms with Crippen molar-refractivity contribution in [2.45, 2.75) is 22.9 Å². The third kappa shape index (κ3) is 5.34. The topological polar surface area (TPSA) is 102 Å². The number of anilines is 1. The lowest BCUT2D eigenvalue weighted by atomic mass is 10.2. The van der Waals surface area contributed by atoms with E-state index in [1.165, 1.54) is 16.4 Å². The minimum absolute atomic E-state index is 0.0315. The highest BCUT2D eigenvalue weighted by Gasteiger charge is 2.32. The molecule has 0 aromatic heterocycles. The second kappa shape index (κ2) is 9.25. The SMILES string of the molecule is CCOc1ccc(S(=O)(=O)N2CCOCC2)cc1NS(=O)(=O)c1cccc(C(F)(F)F)c1. The van der Waals surface area contributed by atoms with E-state index in [1.807, 2.05) is 0 Å². The summed E-state index contributed by atoms with van der Waals surface area (Å²) in [6, 6.07) is 6.88. The Labute approximate surface area is 184 Å².